The van der Waals surface area contributed by atoms with Crippen molar-refractivity contribution in [3.05, 3.63) is 51.6 Å². The maximum Gasteiger partial charge on any atom is 0.256 e. The number of amides is 1. The molecule has 1 aliphatic rings. The fourth-order valence-electron chi connectivity index (χ4n) is 3.72. The highest BCUT2D eigenvalue weighted by Crippen LogP contribution is 2.29. The summed E-state index contributed by atoms with van der Waals surface area (Å²) in [5.74, 6) is 0.245. The third-order valence-corrected chi connectivity index (χ3v) is 6.17. The van der Waals surface area contributed by atoms with Crippen molar-refractivity contribution >= 4 is 22.9 Å². The number of nitrogens with one attached hydrogen (secondary N) is 1. The lowest BCUT2D eigenvalue weighted by Crippen LogP contribution is -2.34. The molecule has 1 saturated heterocycles. The lowest BCUT2D eigenvalue weighted by Gasteiger charge is -2.32. The van der Waals surface area contributed by atoms with Crippen LogP contribution in [0.15, 0.2) is 29.9 Å². The molecule has 0 radical (unpaired) electrons. The predicted molar refractivity (Wildman–Crippen MR) is 103 cm³/mol. The van der Waals surface area contributed by atoms with Crippen molar-refractivity contribution in [2.75, 3.05) is 20.1 Å². The maximum absolute atomic E-state index is 12.0. The third-order valence-electron chi connectivity index (χ3n) is 5.16. The second kappa shape index (κ2) is 7.17. The van der Waals surface area contributed by atoms with Gasteiger partial charge in [0, 0.05) is 37.1 Å². The Balaban J connectivity index is 1.60. The average molecular weight is 369 g/mol. The molecule has 1 N–H and O–H groups in total. The first-order valence-electron chi connectivity index (χ1n) is 8.97. The molecule has 1 atom stereocenters. The number of nitrogens with zero attached hydrogens (tertiary/aromatic N) is 4. The Labute approximate surface area is 156 Å². The summed E-state index contributed by atoms with van der Waals surface area (Å²) in [4.78, 5) is 20.4. The molecular weight excluding hydrogens is 346 g/mol. The summed E-state index contributed by atoms with van der Waals surface area (Å²) >= 11 is 1.84. The zero-order valence-electron chi connectivity index (χ0n) is 15.1. The van der Waals surface area contributed by atoms with Gasteiger partial charge in [-0.2, -0.15) is 5.10 Å². The number of hydrogen-bond donors (Lipinski definition) is 1. The molecule has 6 nitrogen and oxygen atoms in total. The van der Waals surface area contributed by atoms with E-state index >= 15 is 0 Å². The Morgan fingerprint density at radius 3 is 3.08 bits per heavy atom. The molecule has 1 fully saturated rings. The number of likely N-dealkylation sites (tertiary alicyclic amines) is 1. The number of aromatic nitrogens is 3. The fraction of sp³-hybridized carbons (Fsp3) is 0.421. The van der Waals surface area contributed by atoms with Crippen molar-refractivity contribution in [2.45, 2.75) is 32.2 Å². The Morgan fingerprint density at radius 1 is 1.42 bits per heavy atom. The molecule has 1 unspecified atom stereocenters. The molecule has 4 heterocycles. The average Bonchev–Trinajstić information content (AvgIpc) is 3.27. The number of rotatable bonds is 4. The molecule has 1 amide bonds. The van der Waals surface area contributed by atoms with E-state index < -0.39 is 0 Å². The number of aryl methyl sites for hydroxylation is 1. The van der Waals surface area contributed by atoms with E-state index in [9.17, 15) is 4.79 Å². The number of piperidine rings is 1. The molecule has 7 heteroatoms. The lowest BCUT2D eigenvalue weighted by atomic mass is 9.94. The molecule has 0 bridgehead atoms. The summed E-state index contributed by atoms with van der Waals surface area (Å²) in [6.07, 6.45) is 5.71. The van der Waals surface area contributed by atoms with Crippen LogP contribution in [0.4, 0.5) is 0 Å². The summed E-state index contributed by atoms with van der Waals surface area (Å²) in [5.41, 5.74) is 3.67. The minimum Gasteiger partial charge on any atom is -0.355 e. The van der Waals surface area contributed by atoms with E-state index in [-0.39, 0.29) is 5.91 Å². The Morgan fingerprint density at radius 2 is 2.31 bits per heavy atom. The molecule has 0 aromatic carbocycles. The second-order valence-corrected chi connectivity index (χ2v) is 7.84. The van der Waals surface area contributed by atoms with E-state index in [4.69, 9.17) is 0 Å². The maximum atomic E-state index is 12.0. The highest BCUT2D eigenvalue weighted by molar-refractivity contribution is 7.10. The van der Waals surface area contributed by atoms with Gasteiger partial charge in [-0.1, -0.05) is 0 Å². The van der Waals surface area contributed by atoms with Crippen LogP contribution >= 0.6 is 11.3 Å². The summed E-state index contributed by atoms with van der Waals surface area (Å²) in [6, 6.07) is 4.23. The van der Waals surface area contributed by atoms with Crippen molar-refractivity contribution in [2.24, 2.45) is 0 Å². The fourth-order valence-corrected chi connectivity index (χ4v) is 4.67. The van der Waals surface area contributed by atoms with Crippen LogP contribution in [-0.4, -0.2) is 45.5 Å². The molecule has 3 aromatic heterocycles. The molecule has 0 spiro atoms. The largest absolute Gasteiger partial charge is 0.355 e. The van der Waals surface area contributed by atoms with Crippen molar-refractivity contribution in [3.63, 3.8) is 0 Å². The zero-order valence-corrected chi connectivity index (χ0v) is 15.9. The van der Waals surface area contributed by atoms with Crippen molar-refractivity contribution < 1.29 is 4.79 Å². The number of thiophene rings is 1. The van der Waals surface area contributed by atoms with Gasteiger partial charge in [0.1, 0.15) is 5.56 Å². The molecule has 0 saturated carbocycles. The van der Waals surface area contributed by atoms with Crippen LogP contribution in [0.2, 0.25) is 0 Å². The molecule has 0 aliphatic carbocycles. The van der Waals surface area contributed by atoms with Crippen LogP contribution in [0.5, 0.6) is 0 Å². The van der Waals surface area contributed by atoms with E-state index in [0.717, 1.165) is 31.7 Å². The highest BCUT2D eigenvalue weighted by atomic mass is 32.1. The SMILES string of the molecule is CNC(=O)c1cnn2c(C3CCCN(Cc4sccc4C)C3)ccnc12. The normalized spacial score (nSPS) is 18.3. The van der Waals surface area contributed by atoms with Gasteiger partial charge in [-0.25, -0.2) is 9.50 Å². The van der Waals surface area contributed by atoms with Gasteiger partial charge in [-0.3, -0.25) is 9.69 Å². The van der Waals surface area contributed by atoms with Gasteiger partial charge < -0.3 is 5.32 Å². The first-order valence-corrected chi connectivity index (χ1v) is 9.85. The number of fused-ring (bicyclic) bond motifs is 1. The minimum absolute atomic E-state index is 0.150. The Kier molecular flexibility index (Phi) is 4.74. The molecule has 136 valence electrons. The molecule has 1 aliphatic heterocycles. The van der Waals surface area contributed by atoms with Gasteiger partial charge in [0.2, 0.25) is 0 Å². The van der Waals surface area contributed by atoms with Crippen molar-refractivity contribution in [1.29, 1.82) is 0 Å². The van der Waals surface area contributed by atoms with Crippen LogP contribution in [0.1, 0.15) is 45.3 Å². The smallest absolute Gasteiger partial charge is 0.256 e. The number of carbonyl (C=O) groups excluding carboxylic acids is 1. The monoisotopic (exact) mass is 369 g/mol. The topological polar surface area (TPSA) is 62.5 Å². The van der Waals surface area contributed by atoms with Crippen molar-refractivity contribution in [3.8, 4) is 0 Å². The van der Waals surface area contributed by atoms with Gasteiger partial charge in [-0.15, -0.1) is 11.3 Å². The number of carbonyl (C=O) groups is 1. The second-order valence-electron chi connectivity index (χ2n) is 6.84. The molecule has 26 heavy (non-hydrogen) atoms. The van der Waals surface area contributed by atoms with E-state index in [1.807, 2.05) is 21.9 Å². The summed E-state index contributed by atoms with van der Waals surface area (Å²) in [6.45, 7) is 5.33. The van der Waals surface area contributed by atoms with E-state index in [0.29, 0.717) is 17.1 Å². The quantitative estimate of drug-likeness (QED) is 0.768. The summed E-state index contributed by atoms with van der Waals surface area (Å²) < 4.78 is 1.84. The van der Waals surface area contributed by atoms with Gasteiger partial charge in [0.05, 0.1) is 11.9 Å². The van der Waals surface area contributed by atoms with E-state index in [1.165, 1.54) is 16.9 Å². The van der Waals surface area contributed by atoms with Crippen LogP contribution < -0.4 is 5.32 Å². The first-order chi connectivity index (χ1) is 12.7. The minimum atomic E-state index is -0.150. The Bertz CT molecular complexity index is 931. The molecule has 3 aromatic rings. The third kappa shape index (κ3) is 3.12. The first kappa shape index (κ1) is 17.2. The number of hydrogen-bond acceptors (Lipinski definition) is 5. The van der Waals surface area contributed by atoms with Crippen LogP contribution in [0.3, 0.4) is 0 Å². The van der Waals surface area contributed by atoms with Crippen LogP contribution in [0.25, 0.3) is 5.65 Å². The highest BCUT2D eigenvalue weighted by Gasteiger charge is 2.25. The zero-order chi connectivity index (χ0) is 18.1. The van der Waals surface area contributed by atoms with Gasteiger partial charge >= 0.3 is 0 Å². The standard InChI is InChI=1S/C19H23N5OS/c1-13-6-9-26-17(13)12-23-8-3-4-14(11-23)16-5-7-21-18-15(19(25)20-2)10-22-24(16)18/h5-7,9-10,14H,3-4,8,11-12H2,1-2H3,(H,20,25). The van der Waals surface area contributed by atoms with Gasteiger partial charge in [0.25, 0.3) is 5.91 Å². The van der Waals surface area contributed by atoms with E-state index in [1.54, 1.807) is 19.4 Å². The van der Waals surface area contributed by atoms with Crippen molar-refractivity contribution in [1.82, 2.24) is 24.8 Å². The lowest BCUT2D eigenvalue weighted by molar-refractivity contribution is 0.0964. The van der Waals surface area contributed by atoms with Crippen LogP contribution in [-0.2, 0) is 6.54 Å². The summed E-state index contributed by atoms with van der Waals surface area (Å²) in [5, 5.41) is 9.28. The predicted octanol–water partition coefficient (Wildman–Crippen LogP) is 2.84. The summed E-state index contributed by atoms with van der Waals surface area (Å²) in [7, 11) is 1.63. The molecule has 4 rings (SSSR count). The Hall–Kier alpha value is -2.25. The van der Waals surface area contributed by atoms with Gasteiger partial charge in [-0.05, 0) is 49.4 Å². The van der Waals surface area contributed by atoms with Crippen LogP contribution in [0, 0.1) is 6.92 Å². The van der Waals surface area contributed by atoms with E-state index in [2.05, 4.69) is 38.7 Å². The molecular formula is C19H23N5OS. The van der Waals surface area contributed by atoms with Gasteiger partial charge in [0.15, 0.2) is 5.65 Å².